The summed E-state index contributed by atoms with van der Waals surface area (Å²) in [5, 5.41) is 9.86. The van der Waals surface area contributed by atoms with Gasteiger partial charge >= 0.3 is 0 Å². The van der Waals surface area contributed by atoms with Gasteiger partial charge in [-0.15, -0.1) is 0 Å². The van der Waals surface area contributed by atoms with Gasteiger partial charge < -0.3 is 19.5 Å². The Kier molecular flexibility index (Phi) is 4.12. The normalized spacial score (nSPS) is 10.1. The quantitative estimate of drug-likeness (QED) is 0.834. The summed E-state index contributed by atoms with van der Waals surface area (Å²) in [7, 11) is 4.83. The van der Waals surface area contributed by atoms with Crippen LogP contribution in [0.5, 0.6) is 17.2 Å². The van der Waals surface area contributed by atoms with Gasteiger partial charge in [-0.2, -0.15) is 5.10 Å². The number of hydrogen-bond donors (Lipinski definition) is 2. The fourth-order valence-corrected chi connectivity index (χ4v) is 1.78. The number of rotatable bonds is 6. The van der Waals surface area contributed by atoms with E-state index in [1.807, 2.05) is 12.1 Å². The van der Waals surface area contributed by atoms with E-state index in [9.17, 15) is 0 Å². The minimum absolute atomic E-state index is 0.600. The van der Waals surface area contributed by atoms with E-state index in [0.717, 1.165) is 17.0 Å². The molecule has 0 radical (unpaired) electrons. The fourth-order valence-electron chi connectivity index (χ4n) is 1.78. The number of benzene rings is 1. The molecule has 0 unspecified atom stereocenters. The molecule has 2 rings (SSSR count). The lowest BCUT2D eigenvalue weighted by Crippen LogP contribution is -2.02. The average molecular weight is 263 g/mol. The largest absolute Gasteiger partial charge is 0.496 e. The van der Waals surface area contributed by atoms with Crippen LogP contribution < -0.4 is 19.5 Å². The second-order valence-corrected chi connectivity index (χ2v) is 3.86. The van der Waals surface area contributed by atoms with Gasteiger partial charge in [0.25, 0.3) is 0 Å². The molecule has 0 atom stereocenters. The Morgan fingerprint density at radius 1 is 1.05 bits per heavy atom. The molecule has 6 nitrogen and oxygen atoms in total. The van der Waals surface area contributed by atoms with Crippen molar-refractivity contribution in [3.63, 3.8) is 0 Å². The molecule has 6 heteroatoms. The molecule has 0 spiro atoms. The van der Waals surface area contributed by atoms with Crippen LogP contribution in [0.2, 0.25) is 0 Å². The van der Waals surface area contributed by atoms with Crippen molar-refractivity contribution in [3.05, 3.63) is 30.1 Å². The number of H-pyrrole nitrogens is 1. The number of ether oxygens (including phenoxy) is 3. The predicted molar refractivity (Wildman–Crippen MR) is 72.0 cm³/mol. The Balaban J connectivity index is 2.22. The standard InChI is InChI=1S/C13H17N3O3/c1-17-11-5-13(19-3)12(18-2)4-9(11)6-14-10-7-15-16-8-10/h4-5,7-8,14H,6H2,1-3H3,(H,15,16). The molecule has 0 aliphatic heterocycles. The molecule has 0 aliphatic rings. The first-order valence-corrected chi connectivity index (χ1v) is 5.80. The van der Waals surface area contributed by atoms with Crippen molar-refractivity contribution in [3.8, 4) is 17.2 Å². The summed E-state index contributed by atoms with van der Waals surface area (Å²) >= 11 is 0. The first kappa shape index (κ1) is 13.1. The Hall–Kier alpha value is -2.37. The van der Waals surface area contributed by atoms with Gasteiger partial charge in [0.2, 0.25) is 0 Å². The summed E-state index contributed by atoms with van der Waals surface area (Å²) in [4.78, 5) is 0. The van der Waals surface area contributed by atoms with Crippen LogP contribution in [0.4, 0.5) is 5.69 Å². The van der Waals surface area contributed by atoms with Gasteiger partial charge in [-0.25, -0.2) is 0 Å². The van der Waals surface area contributed by atoms with Gasteiger partial charge in [0.05, 0.1) is 33.2 Å². The van der Waals surface area contributed by atoms with Gasteiger partial charge in [0.15, 0.2) is 11.5 Å². The van der Waals surface area contributed by atoms with Gasteiger partial charge in [0, 0.05) is 24.4 Å². The van der Waals surface area contributed by atoms with Gasteiger partial charge in [-0.05, 0) is 6.07 Å². The molecule has 0 bridgehead atoms. The van der Waals surface area contributed by atoms with Crippen LogP contribution in [0, 0.1) is 0 Å². The zero-order valence-electron chi connectivity index (χ0n) is 11.2. The maximum Gasteiger partial charge on any atom is 0.164 e. The number of aromatic nitrogens is 2. The second kappa shape index (κ2) is 5.99. The molecule has 102 valence electrons. The highest BCUT2D eigenvalue weighted by Crippen LogP contribution is 2.34. The molecule has 1 heterocycles. The van der Waals surface area contributed by atoms with E-state index >= 15 is 0 Å². The Bertz CT molecular complexity index is 526. The monoisotopic (exact) mass is 263 g/mol. The Morgan fingerprint density at radius 3 is 2.32 bits per heavy atom. The number of hydrogen-bond acceptors (Lipinski definition) is 5. The highest BCUT2D eigenvalue weighted by molar-refractivity contribution is 5.52. The summed E-state index contributed by atoms with van der Waals surface area (Å²) < 4.78 is 15.9. The maximum absolute atomic E-state index is 5.36. The molecular weight excluding hydrogens is 246 g/mol. The van der Waals surface area contributed by atoms with Crippen LogP contribution in [0.15, 0.2) is 24.5 Å². The molecule has 0 aliphatic carbocycles. The van der Waals surface area contributed by atoms with Crippen LogP contribution >= 0.6 is 0 Å². The lowest BCUT2D eigenvalue weighted by atomic mass is 10.1. The first-order chi connectivity index (χ1) is 9.28. The molecule has 1 aromatic heterocycles. The van der Waals surface area contributed by atoms with E-state index in [1.54, 1.807) is 33.7 Å². The van der Waals surface area contributed by atoms with E-state index < -0.39 is 0 Å². The van der Waals surface area contributed by atoms with Crippen molar-refractivity contribution in [1.29, 1.82) is 0 Å². The topological polar surface area (TPSA) is 68.4 Å². The summed E-state index contributed by atoms with van der Waals surface area (Å²) in [6, 6.07) is 3.70. The zero-order valence-corrected chi connectivity index (χ0v) is 11.2. The average Bonchev–Trinajstić information content (AvgIpc) is 2.97. The smallest absolute Gasteiger partial charge is 0.164 e. The molecule has 0 fully saturated rings. The summed E-state index contributed by atoms with van der Waals surface area (Å²) in [6.07, 6.45) is 3.50. The molecule has 0 saturated carbocycles. The maximum atomic E-state index is 5.36. The van der Waals surface area contributed by atoms with Crippen molar-refractivity contribution in [2.75, 3.05) is 26.6 Å². The predicted octanol–water partition coefficient (Wildman–Crippen LogP) is 2.05. The van der Waals surface area contributed by atoms with Crippen molar-refractivity contribution in [1.82, 2.24) is 10.2 Å². The SMILES string of the molecule is COc1cc(OC)c(OC)cc1CNc1cn[nH]c1. The minimum Gasteiger partial charge on any atom is -0.496 e. The van der Waals surface area contributed by atoms with Crippen molar-refractivity contribution in [2.24, 2.45) is 0 Å². The third-order valence-corrected chi connectivity index (χ3v) is 2.77. The van der Waals surface area contributed by atoms with Crippen LogP contribution in [0.1, 0.15) is 5.56 Å². The molecule has 2 N–H and O–H groups in total. The number of anilines is 1. The lowest BCUT2D eigenvalue weighted by molar-refractivity contribution is 0.347. The lowest BCUT2D eigenvalue weighted by Gasteiger charge is -2.14. The molecule has 0 amide bonds. The molecule has 19 heavy (non-hydrogen) atoms. The molecule has 1 aromatic carbocycles. The summed E-state index contributed by atoms with van der Waals surface area (Å²) in [6.45, 7) is 0.600. The summed E-state index contributed by atoms with van der Waals surface area (Å²) in [5.74, 6) is 2.06. The number of aromatic amines is 1. The van der Waals surface area contributed by atoms with Crippen LogP contribution in [0.3, 0.4) is 0 Å². The highest BCUT2D eigenvalue weighted by atomic mass is 16.5. The third kappa shape index (κ3) is 2.90. The Labute approximate surface area is 111 Å². The van der Waals surface area contributed by atoms with E-state index in [1.165, 1.54) is 0 Å². The third-order valence-electron chi connectivity index (χ3n) is 2.77. The fraction of sp³-hybridized carbons (Fsp3) is 0.308. The second-order valence-electron chi connectivity index (χ2n) is 3.86. The highest BCUT2D eigenvalue weighted by Gasteiger charge is 2.11. The van der Waals surface area contributed by atoms with E-state index in [4.69, 9.17) is 14.2 Å². The first-order valence-electron chi connectivity index (χ1n) is 5.80. The number of nitrogens with zero attached hydrogens (tertiary/aromatic N) is 1. The van der Waals surface area contributed by atoms with Gasteiger partial charge in [-0.3, -0.25) is 5.10 Å². The van der Waals surface area contributed by atoms with Crippen LogP contribution in [0.25, 0.3) is 0 Å². The van der Waals surface area contributed by atoms with Gasteiger partial charge in [-0.1, -0.05) is 0 Å². The van der Waals surface area contributed by atoms with Crippen molar-refractivity contribution in [2.45, 2.75) is 6.54 Å². The number of nitrogens with one attached hydrogen (secondary N) is 2. The molecule has 0 saturated heterocycles. The molecule has 2 aromatic rings. The van der Waals surface area contributed by atoms with Gasteiger partial charge in [0.1, 0.15) is 5.75 Å². The van der Waals surface area contributed by atoms with E-state index in [0.29, 0.717) is 18.0 Å². The van der Waals surface area contributed by atoms with Crippen molar-refractivity contribution >= 4 is 5.69 Å². The van der Waals surface area contributed by atoms with Crippen LogP contribution in [-0.2, 0) is 6.54 Å². The number of methoxy groups -OCH3 is 3. The van der Waals surface area contributed by atoms with E-state index in [-0.39, 0.29) is 0 Å². The Morgan fingerprint density at radius 2 is 1.74 bits per heavy atom. The summed E-state index contributed by atoms with van der Waals surface area (Å²) in [5.41, 5.74) is 1.89. The van der Waals surface area contributed by atoms with Crippen molar-refractivity contribution < 1.29 is 14.2 Å². The minimum atomic E-state index is 0.600. The van der Waals surface area contributed by atoms with Crippen LogP contribution in [-0.4, -0.2) is 31.5 Å². The van der Waals surface area contributed by atoms with E-state index in [2.05, 4.69) is 15.5 Å². The zero-order chi connectivity index (χ0) is 13.7. The molecular formula is C13H17N3O3.